The predicted molar refractivity (Wildman–Crippen MR) is 116 cm³/mol. The average molecular weight is 426 g/mol. The summed E-state index contributed by atoms with van der Waals surface area (Å²) in [4.78, 5) is 32.1. The van der Waals surface area contributed by atoms with Gasteiger partial charge in [0, 0.05) is 31.5 Å². The van der Waals surface area contributed by atoms with Gasteiger partial charge >= 0.3 is 5.69 Å². The summed E-state index contributed by atoms with van der Waals surface area (Å²) in [5.41, 5.74) is 0.512. The molecule has 1 aliphatic rings. The quantitative estimate of drug-likeness (QED) is 0.641. The molecular formula is C21H26N6O4. The van der Waals surface area contributed by atoms with Crippen LogP contribution in [0.3, 0.4) is 0 Å². The normalized spacial score (nSPS) is 16.4. The molecular weight excluding hydrogens is 400 g/mol. The minimum Gasteiger partial charge on any atom is -0.497 e. The second kappa shape index (κ2) is 8.66. The molecule has 2 aromatic heterocycles. The van der Waals surface area contributed by atoms with Gasteiger partial charge in [0.25, 0.3) is 0 Å². The number of amides is 1. The Kier molecular flexibility index (Phi) is 5.79. The van der Waals surface area contributed by atoms with E-state index in [2.05, 4.69) is 27.2 Å². The van der Waals surface area contributed by atoms with Crippen molar-refractivity contribution in [3.63, 3.8) is 0 Å². The van der Waals surface area contributed by atoms with E-state index in [4.69, 9.17) is 9.47 Å². The highest BCUT2D eigenvalue weighted by Gasteiger charge is 2.22. The summed E-state index contributed by atoms with van der Waals surface area (Å²) in [5.74, 6) is 1.88. The van der Waals surface area contributed by atoms with Crippen molar-refractivity contribution < 1.29 is 14.3 Å². The largest absolute Gasteiger partial charge is 0.497 e. The van der Waals surface area contributed by atoms with Gasteiger partial charge in [0.2, 0.25) is 11.6 Å². The zero-order chi connectivity index (χ0) is 22.0. The van der Waals surface area contributed by atoms with Crippen LogP contribution in [0.15, 0.2) is 35.4 Å². The minimum absolute atomic E-state index is 0.239. The smallest absolute Gasteiger partial charge is 0.350 e. The van der Waals surface area contributed by atoms with E-state index in [0.29, 0.717) is 34.6 Å². The number of nitrogens with one attached hydrogen (secondary N) is 1. The molecule has 1 N–H and O–H groups in total. The summed E-state index contributed by atoms with van der Waals surface area (Å²) in [6, 6.07) is 5.09. The van der Waals surface area contributed by atoms with E-state index in [0.717, 1.165) is 24.2 Å². The molecule has 0 aliphatic carbocycles. The highest BCUT2D eigenvalue weighted by Crippen LogP contribution is 2.29. The summed E-state index contributed by atoms with van der Waals surface area (Å²) >= 11 is 0. The lowest BCUT2D eigenvalue weighted by Crippen LogP contribution is -2.35. The van der Waals surface area contributed by atoms with E-state index in [1.54, 1.807) is 37.7 Å². The number of nitrogens with zero attached hydrogens (tertiary/aromatic N) is 5. The highest BCUT2D eigenvalue weighted by atomic mass is 16.5. The number of methoxy groups -OCH3 is 2. The van der Waals surface area contributed by atoms with Crippen molar-refractivity contribution in [2.75, 3.05) is 37.5 Å². The second-order valence-corrected chi connectivity index (χ2v) is 7.69. The number of carbonyl (C=O) groups is 1. The Morgan fingerprint density at radius 1 is 1.29 bits per heavy atom. The van der Waals surface area contributed by atoms with Crippen LogP contribution in [0, 0.1) is 5.92 Å². The number of fused-ring (bicyclic) bond motifs is 1. The number of ether oxygens (including phenoxy) is 2. The second-order valence-electron chi connectivity index (χ2n) is 7.69. The fourth-order valence-electron chi connectivity index (χ4n) is 3.88. The number of anilines is 2. The van der Waals surface area contributed by atoms with Crippen LogP contribution in [0.25, 0.3) is 5.65 Å². The minimum atomic E-state index is -0.404. The van der Waals surface area contributed by atoms with Crippen LogP contribution >= 0.6 is 0 Å². The van der Waals surface area contributed by atoms with E-state index in [9.17, 15) is 9.59 Å². The van der Waals surface area contributed by atoms with E-state index in [1.807, 2.05) is 0 Å². The lowest BCUT2D eigenvalue weighted by molar-refractivity contribution is -0.117. The summed E-state index contributed by atoms with van der Waals surface area (Å²) < 4.78 is 13.1. The maximum atomic E-state index is 12.8. The highest BCUT2D eigenvalue weighted by molar-refractivity contribution is 5.92. The molecule has 3 aromatic rings. The molecule has 4 rings (SSSR count). The fourth-order valence-corrected chi connectivity index (χ4v) is 3.88. The lowest BCUT2D eigenvalue weighted by Gasteiger charge is -2.31. The molecule has 1 aromatic carbocycles. The van der Waals surface area contributed by atoms with Crippen LogP contribution in [0.4, 0.5) is 11.5 Å². The Balaban J connectivity index is 1.59. The Hall–Kier alpha value is -3.56. The predicted octanol–water partition coefficient (Wildman–Crippen LogP) is 1.78. The first-order chi connectivity index (χ1) is 15.0. The summed E-state index contributed by atoms with van der Waals surface area (Å²) in [6.45, 7) is 3.70. The zero-order valence-electron chi connectivity index (χ0n) is 17.9. The van der Waals surface area contributed by atoms with Crippen molar-refractivity contribution in [1.82, 2.24) is 19.2 Å². The maximum Gasteiger partial charge on any atom is 0.350 e. The third-order valence-corrected chi connectivity index (χ3v) is 5.41. The molecule has 1 saturated heterocycles. The molecule has 1 atom stereocenters. The lowest BCUT2D eigenvalue weighted by atomic mass is 10.0. The van der Waals surface area contributed by atoms with Crippen LogP contribution in [-0.4, -0.2) is 52.4 Å². The number of aromatic nitrogens is 4. The van der Waals surface area contributed by atoms with Gasteiger partial charge in [0.1, 0.15) is 18.0 Å². The van der Waals surface area contributed by atoms with Gasteiger partial charge in [-0.1, -0.05) is 6.92 Å². The summed E-state index contributed by atoms with van der Waals surface area (Å²) in [7, 11) is 3.05. The van der Waals surface area contributed by atoms with E-state index in [1.165, 1.54) is 17.9 Å². The van der Waals surface area contributed by atoms with Gasteiger partial charge < -0.3 is 19.7 Å². The van der Waals surface area contributed by atoms with Gasteiger partial charge in [-0.2, -0.15) is 0 Å². The Morgan fingerprint density at radius 2 is 2.13 bits per heavy atom. The third-order valence-electron chi connectivity index (χ3n) is 5.41. The van der Waals surface area contributed by atoms with Crippen molar-refractivity contribution >= 4 is 23.1 Å². The van der Waals surface area contributed by atoms with Crippen molar-refractivity contribution in [1.29, 1.82) is 0 Å². The molecule has 1 fully saturated rings. The van der Waals surface area contributed by atoms with Crippen LogP contribution in [0.5, 0.6) is 11.5 Å². The molecule has 0 bridgehead atoms. The number of piperidine rings is 1. The zero-order valence-corrected chi connectivity index (χ0v) is 17.9. The van der Waals surface area contributed by atoms with Gasteiger partial charge in [-0.05, 0) is 30.9 Å². The van der Waals surface area contributed by atoms with Gasteiger partial charge in [-0.25, -0.2) is 18.9 Å². The van der Waals surface area contributed by atoms with E-state index >= 15 is 0 Å². The first kappa shape index (κ1) is 20.7. The number of carbonyl (C=O) groups excluding carboxylic acids is 1. The van der Waals surface area contributed by atoms with Crippen LogP contribution in [-0.2, 0) is 11.3 Å². The van der Waals surface area contributed by atoms with E-state index < -0.39 is 11.6 Å². The average Bonchev–Trinajstić information content (AvgIpc) is 3.09. The Bertz CT molecular complexity index is 1150. The molecule has 10 nitrogen and oxygen atoms in total. The number of hydrogen-bond donors (Lipinski definition) is 1. The molecule has 31 heavy (non-hydrogen) atoms. The van der Waals surface area contributed by atoms with Gasteiger partial charge in [-0.15, -0.1) is 5.10 Å². The summed E-state index contributed by atoms with van der Waals surface area (Å²) in [5, 5.41) is 7.18. The number of benzene rings is 1. The first-order valence-corrected chi connectivity index (χ1v) is 10.2. The van der Waals surface area contributed by atoms with Crippen molar-refractivity contribution in [3.05, 3.63) is 41.1 Å². The molecule has 10 heteroatoms. The maximum absolute atomic E-state index is 12.8. The summed E-state index contributed by atoms with van der Waals surface area (Å²) in [6.07, 6.45) is 5.41. The monoisotopic (exact) mass is 426 g/mol. The molecule has 3 heterocycles. The van der Waals surface area contributed by atoms with Crippen molar-refractivity contribution in [2.24, 2.45) is 5.92 Å². The Morgan fingerprint density at radius 3 is 2.87 bits per heavy atom. The SMILES string of the molecule is COc1ccc(OC)c(NC(=O)Cn2nc3c(N4CCC[C@@H](C)C4)nccn3c2=O)c1. The molecule has 0 unspecified atom stereocenters. The number of rotatable bonds is 6. The van der Waals surface area contributed by atoms with Crippen LogP contribution in [0.2, 0.25) is 0 Å². The molecule has 1 aliphatic heterocycles. The molecule has 1 amide bonds. The van der Waals surface area contributed by atoms with Gasteiger partial charge in [0.05, 0.1) is 19.9 Å². The fraction of sp³-hybridized carbons (Fsp3) is 0.429. The molecule has 0 radical (unpaired) electrons. The Labute approximate surface area is 179 Å². The van der Waals surface area contributed by atoms with Gasteiger partial charge in [-0.3, -0.25) is 4.79 Å². The standard InChI is InChI=1S/C21H26N6O4/c1-14-5-4-9-25(12-14)19-20-24-27(21(29)26(20)10-8-22-19)13-18(28)23-16-11-15(30-2)6-7-17(16)31-3/h6-8,10-11,14H,4-5,9,12-13H2,1-3H3,(H,23,28)/t14-/m1/s1. The van der Waals surface area contributed by atoms with Crippen LogP contribution < -0.4 is 25.4 Å². The van der Waals surface area contributed by atoms with Crippen molar-refractivity contribution in [3.8, 4) is 11.5 Å². The first-order valence-electron chi connectivity index (χ1n) is 10.2. The van der Waals surface area contributed by atoms with Crippen molar-refractivity contribution in [2.45, 2.75) is 26.3 Å². The molecule has 0 spiro atoms. The third kappa shape index (κ3) is 4.18. The van der Waals surface area contributed by atoms with Crippen LogP contribution in [0.1, 0.15) is 19.8 Å². The molecule has 0 saturated carbocycles. The molecule has 164 valence electrons. The van der Waals surface area contributed by atoms with Gasteiger partial charge in [0.15, 0.2) is 5.82 Å². The topological polar surface area (TPSA) is 103 Å². The number of hydrogen-bond acceptors (Lipinski definition) is 7. The van der Waals surface area contributed by atoms with E-state index in [-0.39, 0.29) is 6.54 Å².